The fraction of sp³-hybridized carbons (Fsp3) is 0.200. The van der Waals surface area contributed by atoms with Crippen molar-refractivity contribution >= 4 is 20.2 Å². The molecule has 12 heavy (non-hydrogen) atoms. The van der Waals surface area contributed by atoms with Crippen molar-refractivity contribution in [2.75, 3.05) is 0 Å². The molecule has 1 aliphatic heterocycles. The fourth-order valence-electron chi connectivity index (χ4n) is 0.624. The number of carboxylic acid groups (broad SMARTS) is 1. The van der Waals surface area contributed by atoms with Crippen molar-refractivity contribution in [2.45, 2.75) is 5.54 Å². The molecule has 0 amide bonds. The Morgan fingerprint density at radius 2 is 2.33 bits per heavy atom. The molecule has 0 fully saturated rings. The third kappa shape index (κ3) is 0.868. The topological polar surface area (TPSA) is 110 Å². The van der Waals surface area contributed by atoms with Gasteiger partial charge in [0.2, 0.25) is 0 Å². The first kappa shape index (κ1) is 8.32. The molecule has 1 atom stereocenters. The summed E-state index contributed by atoms with van der Waals surface area (Å²) in [4.78, 5) is 10.6. The van der Waals surface area contributed by atoms with Gasteiger partial charge in [0.25, 0.3) is 0 Å². The summed E-state index contributed by atoms with van der Waals surface area (Å²) in [7, 11) is 0.0938. The monoisotopic (exact) mass is 180 g/mol. The van der Waals surface area contributed by atoms with Gasteiger partial charge in [-0.1, -0.05) is 0 Å². The average molecular weight is 180 g/mol. The van der Waals surface area contributed by atoms with Crippen molar-refractivity contribution in [3.05, 3.63) is 0 Å². The van der Waals surface area contributed by atoms with Gasteiger partial charge in [0.05, 0.1) is 0 Å². The standard InChI is InChI=1S/C5HN4O2P/c6-1-3-5(2-7,4(10)11)9-12-8-3/h(H,10,11). The summed E-state index contributed by atoms with van der Waals surface area (Å²) in [5, 5.41) is 25.6. The highest BCUT2D eigenvalue weighted by molar-refractivity contribution is 7.26. The van der Waals surface area contributed by atoms with Gasteiger partial charge in [-0.25, -0.2) is 9.54 Å². The van der Waals surface area contributed by atoms with E-state index in [0.717, 1.165) is 0 Å². The minimum absolute atomic E-state index is 0.0938. The number of hydrogen-bond donors (Lipinski definition) is 1. The minimum atomic E-state index is -2.07. The molecule has 1 rings (SSSR count). The third-order valence-electron chi connectivity index (χ3n) is 1.26. The van der Waals surface area contributed by atoms with Crippen molar-refractivity contribution in [1.82, 2.24) is 0 Å². The average Bonchev–Trinajstić information content (AvgIpc) is 2.47. The highest BCUT2D eigenvalue weighted by Gasteiger charge is 2.47. The molecule has 0 radical (unpaired) electrons. The molecule has 1 N–H and O–H groups in total. The first-order valence-electron chi connectivity index (χ1n) is 2.72. The van der Waals surface area contributed by atoms with Crippen LogP contribution in [0.3, 0.4) is 0 Å². The van der Waals surface area contributed by atoms with Crippen LogP contribution in [0.1, 0.15) is 0 Å². The lowest BCUT2D eigenvalue weighted by atomic mass is 9.98. The number of carbonyl (C=O) groups is 1. The summed E-state index contributed by atoms with van der Waals surface area (Å²) in [6.07, 6.45) is 0. The number of carboxylic acids is 1. The van der Waals surface area contributed by atoms with Crippen LogP contribution in [0.25, 0.3) is 0 Å². The lowest BCUT2D eigenvalue weighted by molar-refractivity contribution is -0.138. The third-order valence-corrected chi connectivity index (χ3v) is 1.94. The van der Waals surface area contributed by atoms with Crippen molar-refractivity contribution in [2.24, 2.45) is 9.51 Å². The van der Waals surface area contributed by atoms with Crippen molar-refractivity contribution in [3.63, 3.8) is 0 Å². The summed E-state index contributed by atoms with van der Waals surface area (Å²) in [5.41, 5.74) is -2.43. The second-order valence-corrected chi connectivity index (χ2v) is 2.46. The van der Waals surface area contributed by atoms with E-state index in [1.807, 2.05) is 0 Å². The van der Waals surface area contributed by atoms with Crippen LogP contribution in [0.5, 0.6) is 0 Å². The first-order valence-corrected chi connectivity index (χ1v) is 3.52. The van der Waals surface area contributed by atoms with E-state index in [0.29, 0.717) is 0 Å². The van der Waals surface area contributed by atoms with Crippen LogP contribution in [-0.2, 0) is 4.79 Å². The summed E-state index contributed by atoms with van der Waals surface area (Å²) < 4.78 is 6.88. The van der Waals surface area contributed by atoms with E-state index in [-0.39, 0.29) is 14.2 Å². The van der Waals surface area contributed by atoms with Gasteiger partial charge in [0, 0.05) is 0 Å². The van der Waals surface area contributed by atoms with Gasteiger partial charge >= 0.3 is 11.5 Å². The van der Waals surface area contributed by atoms with Crippen molar-refractivity contribution in [1.29, 1.82) is 10.5 Å². The van der Waals surface area contributed by atoms with E-state index >= 15 is 0 Å². The van der Waals surface area contributed by atoms with Crippen LogP contribution >= 0.6 is 8.52 Å². The van der Waals surface area contributed by atoms with E-state index in [2.05, 4.69) is 9.51 Å². The van der Waals surface area contributed by atoms with Gasteiger partial charge in [0.15, 0.2) is 14.2 Å². The van der Waals surface area contributed by atoms with Crippen molar-refractivity contribution < 1.29 is 9.90 Å². The normalized spacial score (nSPS) is 27.0. The van der Waals surface area contributed by atoms with Gasteiger partial charge in [-0.05, 0) is 0 Å². The Balaban J connectivity index is 3.25. The molecule has 1 heterocycles. The molecular weight excluding hydrogens is 179 g/mol. The maximum Gasteiger partial charge on any atom is 0.354 e. The molecule has 58 valence electrons. The van der Waals surface area contributed by atoms with E-state index in [9.17, 15) is 4.79 Å². The van der Waals surface area contributed by atoms with Gasteiger partial charge in [-0.3, -0.25) is 0 Å². The van der Waals surface area contributed by atoms with Crippen LogP contribution in [-0.4, -0.2) is 22.3 Å². The second-order valence-electron chi connectivity index (χ2n) is 1.88. The second kappa shape index (κ2) is 2.69. The Labute approximate surface area is 68.7 Å². The smallest absolute Gasteiger partial charge is 0.354 e. The molecule has 6 nitrogen and oxygen atoms in total. The Morgan fingerprint density at radius 1 is 1.67 bits per heavy atom. The summed E-state index contributed by atoms with van der Waals surface area (Å²) in [5.74, 6) is -1.46. The number of hydrogen-bond acceptors (Lipinski definition) is 5. The van der Waals surface area contributed by atoms with Gasteiger partial charge < -0.3 is 5.11 Å². The zero-order valence-electron chi connectivity index (χ0n) is 5.59. The summed E-state index contributed by atoms with van der Waals surface area (Å²) >= 11 is 0. The SMILES string of the molecule is N#CC1=NP=NC1(C#N)C(=O)O. The van der Waals surface area contributed by atoms with Crippen LogP contribution < -0.4 is 0 Å². The predicted molar refractivity (Wildman–Crippen MR) is 38.4 cm³/mol. The lowest BCUT2D eigenvalue weighted by Gasteiger charge is -2.07. The van der Waals surface area contributed by atoms with E-state index < -0.39 is 11.5 Å². The summed E-state index contributed by atoms with van der Waals surface area (Å²) in [6, 6.07) is 2.98. The largest absolute Gasteiger partial charge is 0.478 e. The molecule has 0 bridgehead atoms. The highest BCUT2D eigenvalue weighted by Crippen LogP contribution is 2.27. The molecule has 0 aliphatic carbocycles. The first-order chi connectivity index (χ1) is 5.67. The highest BCUT2D eigenvalue weighted by atomic mass is 31.1. The number of nitriles is 2. The molecule has 0 saturated carbocycles. The van der Waals surface area contributed by atoms with E-state index in [1.165, 1.54) is 12.1 Å². The zero-order valence-corrected chi connectivity index (χ0v) is 6.49. The quantitative estimate of drug-likeness (QED) is 0.587. The van der Waals surface area contributed by atoms with Crippen molar-refractivity contribution in [3.8, 4) is 12.1 Å². The van der Waals surface area contributed by atoms with Gasteiger partial charge in [-0.15, -0.1) is 0 Å². The zero-order chi connectivity index (χ0) is 9.19. The van der Waals surface area contributed by atoms with E-state index in [1.54, 1.807) is 0 Å². The van der Waals surface area contributed by atoms with Gasteiger partial charge in [-0.2, -0.15) is 15.3 Å². The van der Waals surface area contributed by atoms with Crippen LogP contribution in [0.2, 0.25) is 0 Å². The molecule has 7 heteroatoms. The minimum Gasteiger partial charge on any atom is -0.478 e. The number of rotatable bonds is 1. The molecule has 0 aromatic carbocycles. The number of nitrogens with zero attached hydrogens (tertiary/aromatic N) is 4. The van der Waals surface area contributed by atoms with E-state index in [4.69, 9.17) is 15.6 Å². The maximum absolute atomic E-state index is 10.6. The van der Waals surface area contributed by atoms with Crippen LogP contribution in [0.15, 0.2) is 9.51 Å². The molecule has 0 aromatic rings. The van der Waals surface area contributed by atoms with Crippen LogP contribution in [0.4, 0.5) is 0 Å². The number of aliphatic carboxylic acids is 1. The fourth-order valence-corrected chi connectivity index (χ4v) is 1.31. The molecule has 0 spiro atoms. The lowest BCUT2D eigenvalue weighted by Crippen LogP contribution is -2.40. The maximum atomic E-state index is 10.6. The Morgan fingerprint density at radius 3 is 2.67 bits per heavy atom. The van der Waals surface area contributed by atoms with Crippen LogP contribution in [0, 0.1) is 22.7 Å². The predicted octanol–water partition coefficient (Wildman–Crippen LogP) is 0.356. The molecule has 1 aliphatic rings. The Bertz CT molecular complexity index is 374. The summed E-state index contributed by atoms with van der Waals surface area (Å²) in [6.45, 7) is 0. The molecular formula is C5HN4O2P. The van der Waals surface area contributed by atoms with Gasteiger partial charge in [0.1, 0.15) is 12.1 Å². The Kier molecular flexibility index (Phi) is 1.86. The molecule has 0 saturated heterocycles. The Hall–Kier alpha value is -1.78. The molecule has 0 aromatic heterocycles. The molecule has 1 unspecified atom stereocenters.